The molecule has 5 heterocycles. The number of rotatable bonds is 8. The SMILES string of the molecule is Cc1c(-c2cnc3c(ncn3-c3cnc(Nc4ccccn4)c(C4CC4)c3)c2C(=O)O)cnn1CC12CC3CCC(CC(C3)C1)C2. The number of hydrogen-bond donors (Lipinski definition) is 2. The molecule has 5 aliphatic carbocycles. The van der Waals surface area contributed by atoms with Crippen molar-refractivity contribution < 1.29 is 9.90 Å². The van der Waals surface area contributed by atoms with Crippen molar-refractivity contribution in [2.24, 2.45) is 23.2 Å². The minimum atomic E-state index is -1.02. The number of fused-ring (bicyclic) bond motifs is 2. The van der Waals surface area contributed by atoms with Crippen molar-refractivity contribution in [1.29, 1.82) is 0 Å². The van der Waals surface area contributed by atoms with Gasteiger partial charge in [-0.25, -0.2) is 24.7 Å². The first-order valence-electron chi connectivity index (χ1n) is 16.7. The number of carboxylic acids is 1. The van der Waals surface area contributed by atoms with Crippen molar-refractivity contribution in [2.75, 3.05) is 5.32 Å². The zero-order chi connectivity index (χ0) is 31.0. The first kappa shape index (κ1) is 27.7. The van der Waals surface area contributed by atoms with Crippen LogP contribution in [-0.2, 0) is 6.54 Å². The lowest BCUT2D eigenvalue weighted by Gasteiger charge is -2.48. The lowest BCUT2D eigenvalue weighted by molar-refractivity contribution is 0.0169. The quantitative estimate of drug-likeness (QED) is 0.187. The van der Waals surface area contributed by atoms with Crippen molar-refractivity contribution in [2.45, 2.75) is 77.2 Å². The molecule has 234 valence electrons. The molecule has 4 bridgehead atoms. The number of nitrogens with zero attached hydrogens (tertiary/aromatic N) is 7. The second-order valence-electron chi connectivity index (χ2n) is 14.4. The monoisotopic (exact) mass is 614 g/mol. The molecule has 10 rings (SSSR count). The fraction of sp³-hybridized carbons (Fsp3) is 0.444. The van der Waals surface area contributed by atoms with E-state index in [9.17, 15) is 9.90 Å². The molecule has 5 saturated carbocycles. The van der Waals surface area contributed by atoms with Crippen LogP contribution in [0.2, 0.25) is 0 Å². The second-order valence-corrected chi connectivity index (χ2v) is 14.4. The van der Waals surface area contributed by atoms with Crippen molar-refractivity contribution >= 4 is 28.8 Å². The molecule has 0 amide bonds. The van der Waals surface area contributed by atoms with Crippen molar-refractivity contribution in [3.05, 3.63) is 72.2 Å². The molecule has 2 atom stereocenters. The largest absolute Gasteiger partial charge is 0.478 e. The van der Waals surface area contributed by atoms with E-state index in [1.807, 2.05) is 29.0 Å². The highest BCUT2D eigenvalue weighted by molar-refractivity contribution is 6.06. The van der Waals surface area contributed by atoms with Gasteiger partial charge in [-0.3, -0.25) is 9.25 Å². The summed E-state index contributed by atoms with van der Waals surface area (Å²) in [6, 6.07) is 7.85. The summed E-state index contributed by atoms with van der Waals surface area (Å²) in [7, 11) is 0. The van der Waals surface area contributed by atoms with Gasteiger partial charge < -0.3 is 10.4 Å². The maximum absolute atomic E-state index is 12.8. The average Bonchev–Trinajstić information content (AvgIpc) is 3.76. The molecule has 0 saturated heterocycles. The third-order valence-electron chi connectivity index (χ3n) is 11.2. The number of nitrogens with one attached hydrogen (secondary N) is 1. The fourth-order valence-corrected chi connectivity index (χ4v) is 9.29. The van der Waals surface area contributed by atoms with Gasteiger partial charge in [-0.05, 0) is 99.2 Å². The number of imidazole rings is 1. The number of aromatic nitrogens is 7. The molecule has 0 spiro atoms. The van der Waals surface area contributed by atoms with Crippen LogP contribution in [0.25, 0.3) is 28.0 Å². The van der Waals surface area contributed by atoms with Crippen molar-refractivity contribution in [1.82, 2.24) is 34.3 Å². The predicted molar refractivity (Wildman–Crippen MR) is 174 cm³/mol. The second kappa shape index (κ2) is 10.5. The van der Waals surface area contributed by atoms with Crippen LogP contribution in [-0.4, -0.2) is 45.4 Å². The van der Waals surface area contributed by atoms with E-state index in [0.717, 1.165) is 71.3 Å². The highest BCUT2D eigenvalue weighted by Crippen LogP contribution is 2.58. The number of hydrogen-bond acceptors (Lipinski definition) is 7. The number of aromatic carboxylic acids is 1. The number of carbonyl (C=O) groups is 1. The van der Waals surface area contributed by atoms with Crippen LogP contribution in [0.4, 0.5) is 11.6 Å². The molecule has 5 aromatic heterocycles. The van der Waals surface area contributed by atoms with Crippen LogP contribution in [0.5, 0.6) is 0 Å². The van der Waals surface area contributed by atoms with Gasteiger partial charge in [0.1, 0.15) is 23.5 Å². The summed E-state index contributed by atoms with van der Waals surface area (Å²) in [4.78, 5) is 31.4. The highest BCUT2D eigenvalue weighted by atomic mass is 16.4. The van der Waals surface area contributed by atoms with Gasteiger partial charge in [0.2, 0.25) is 0 Å². The van der Waals surface area contributed by atoms with Gasteiger partial charge in [0.05, 0.1) is 23.6 Å². The third-order valence-corrected chi connectivity index (χ3v) is 11.2. The molecular formula is C36H38N8O2. The molecule has 5 fully saturated rings. The van der Waals surface area contributed by atoms with Gasteiger partial charge in [-0.15, -0.1) is 0 Å². The van der Waals surface area contributed by atoms with Crippen LogP contribution in [0.3, 0.4) is 0 Å². The maximum atomic E-state index is 12.8. The Morgan fingerprint density at radius 3 is 2.50 bits per heavy atom. The van der Waals surface area contributed by atoms with E-state index < -0.39 is 5.97 Å². The molecule has 2 unspecified atom stereocenters. The lowest BCUT2D eigenvalue weighted by atomic mass is 9.58. The summed E-state index contributed by atoms with van der Waals surface area (Å²) in [6.07, 6.45) is 20.4. The average molecular weight is 615 g/mol. The normalized spacial score (nSPS) is 25.2. The summed E-state index contributed by atoms with van der Waals surface area (Å²) in [6.45, 7) is 2.98. The van der Waals surface area contributed by atoms with Gasteiger partial charge in [-0.2, -0.15) is 5.10 Å². The van der Waals surface area contributed by atoms with E-state index in [2.05, 4.69) is 33.0 Å². The highest BCUT2D eigenvalue weighted by Gasteiger charge is 2.48. The van der Waals surface area contributed by atoms with Gasteiger partial charge in [-0.1, -0.05) is 18.9 Å². The molecule has 2 N–H and O–H groups in total. The van der Waals surface area contributed by atoms with Crippen molar-refractivity contribution in [3.8, 4) is 16.8 Å². The Hall–Kier alpha value is -4.60. The molecule has 0 aromatic carbocycles. The number of pyridine rings is 3. The molecule has 5 aliphatic rings. The Balaban J connectivity index is 1.06. The van der Waals surface area contributed by atoms with Gasteiger partial charge in [0.15, 0.2) is 5.65 Å². The number of carboxylic acid groups (broad SMARTS) is 1. The van der Waals surface area contributed by atoms with E-state index in [4.69, 9.17) is 15.1 Å². The molecule has 10 heteroatoms. The Kier molecular flexibility index (Phi) is 6.30. The Labute approximate surface area is 267 Å². The summed E-state index contributed by atoms with van der Waals surface area (Å²) in [5.74, 6) is 3.49. The summed E-state index contributed by atoms with van der Waals surface area (Å²) < 4.78 is 3.98. The van der Waals surface area contributed by atoms with E-state index in [1.165, 1.54) is 44.9 Å². The van der Waals surface area contributed by atoms with Crippen LogP contribution in [0, 0.1) is 30.1 Å². The summed E-state index contributed by atoms with van der Waals surface area (Å²) in [5, 5.41) is 18.7. The van der Waals surface area contributed by atoms with Crippen molar-refractivity contribution in [3.63, 3.8) is 0 Å². The van der Waals surface area contributed by atoms with E-state index in [1.54, 1.807) is 24.9 Å². The zero-order valence-electron chi connectivity index (χ0n) is 26.1. The smallest absolute Gasteiger partial charge is 0.338 e. The van der Waals surface area contributed by atoms with Crippen LogP contribution in [0.15, 0.2) is 55.4 Å². The van der Waals surface area contributed by atoms with E-state index in [-0.39, 0.29) is 5.56 Å². The predicted octanol–water partition coefficient (Wildman–Crippen LogP) is 7.31. The Morgan fingerprint density at radius 2 is 1.76 bits per heavy atom. The standard InChI is InChI=1S/C36H38N8O2/c1-21-28(18-41-44(21)19-36-13-22-5-6-23(14-36)11-24(10-22)15-36)29-17-39-34-32(31(29)35(45)46)40-20-43(34)26-12-27(25-7-8-25)33(38-16-26)42-30-4-2-3-9-37-30/h2-4,9,12,16-18,20,22-25H,5-8,10-11,13-15,19H2,1H3,(H,45,46)(H,37,38,42). The topological polar surface area (TPSA) is 124 Å². The molecule has 0 radical (unpaired) electrons. The first-order valence-corrected chi connectivity index (χ1v) is 16.7. The van der Waals surface area contributed by atoms with Crippen LogP contribution >= 0.6 is 0 Å². The molecule has 0 aliphatic heterocycles. The maximum Gasteiger partial charge on any atom is 0.338 e. The third kappa shape index (κ3) is 4.68. The van der Waals surface area contributed by atoms with Gasteiger partial charge in [0.25, 0.3) is 0 Å². The van der Waals surface area contributed by atoms with Crippen LogP contribution in [0.1, 0.15) is 85.3 Å². The molecule has 5 aromatic rings. The molecule has 46 heavy (non-hydrogen) atoms. The minimum Gasteiger partial charge on any atom is -0.478 e. The van der Waals surface area contributed by atoms with E-state index >= 15 is 0 Å². The molecular weight excluding hydrogens is 576 g/mol. The lowest BCUT2D eigenvalue weighted by Crippen LogP contribution is -2.40. The first-order chi connectivity index (χ1) is 22.4. The summed E-state index contributed by atoms with van der Waals surface area (Å²) in [5.41, 5.74) is 5.58. The minimum absolute atomic E-state index is 0.154. The van der Waals surface area contributed by atoms with Crippen LogP contribution < -0.4 is 5.32 Å². The van der Waals surface area contributed by atoms with Gasteiger partial charge >= 0.3 is 5.97 Å². The van der Waals surface area contributed by atoms with Gasteiger partial charge in [0, 0.05) is 41.3 Å². The fourth-order valence-electron chi connectivity index (χ4n) is 9.29. The van der Waals surface area contributed by atoms with E-state index in [0.29, 0.717) is 28.1 Å². The Bertz CT molecular complexity index is 1960. The number of anilines is 2. The molecule has 10 nitrogen and oxygen atoms in total. The zero-order valence-corrected chi connectivity index (χ0v) is 26.1. The Morgan fingerprint density at radius 1 is 0.957 bits per heavy atom. The summed E-state index contributed by atoms with van der Waals surface area (Å²) >= 11 is 0.